The van der Waals surface area contributed by atoms with Gasteiger partial charge in [0.2, 0.25) is 0 Å². The Morgan fingerprint density at radius 2 is 2.00 bits per heavy atom. The smallest absolute Gasteiger partial charge is 0.112 e. The van der Waals surface area contributed by atoms with Gasteiger partial charge in [0.1, 0.15) is 5.82 Å². The summed E-state index contributed by atoms with van der Waals surface area (Å²) < 4.78 is 0. The van der Waals surface area contributed by atoms with Gasteiger partial charge in [-0.15, -0.1) is 11.3 Å². The number of benzene rings is 1. The van der Waals surface area contributed by atoms with Gasteiger partial charge in [0, 0.05) is 28.1 Å². The van der Waals surface area contributed by atoms with Crippen LogP contribution in [0.4, 0.5) is 0 Å². The maximum absolute atomic E-state index is 5.87. The molecule has 0 radical (unpaired) electrons. The Balaban J connectivity index is 1.83. The molecule has 1 aromatic carbocycles. The van der Waals surface area contributed by atoms with Crippen LogP contribution >= 0.6 is 22.9 Å². The van der Waals surface area contributed by atoms with Gasteiger partial charge in [-0.05, 0) is 23.6 Å². The summed E-state index contributed by atoms with van der Waals surface area (Å²) in [5.41, 5.74) is 2.03. The van der Waals surface area contributed by atoms with Crippen molar-refractivity contribution in [3.8, 4) is 11.3 Å². The van der Waals surface area contributed by atoms with E-state index in [1.165, 1.54) is 4.88 Å². The second kappa shape index (κ2) is 4.96. The van der Waals surface area contributed by atoms with Gasteiger partial charge < -0.3 is 4.98 Å². The van der Waals surface area contributed by atoms with E-state index < -0.39 is 0 Å². The van der Waals surface area contributed by atoms with E-state index >= 15 is 0 Å². The van der Waals surface area contributed by atoms with Gasteiger partial charge in [-0.25, -0.2) is 4.98 Å². The van der Waals surface area contributed by atoms with E-state index in [1.54, 1.807) is 11.3 Å². The van der Waals surface area contributed by atoms with E-state index in [0.29, 0.717) is 0 Å². The predicted octanol–water partition coefficient (Wildman–Crippen LogP) is 4.38. The number of hydrogen-bond donors (Lipinski definition) is 1. The summed E-state index contributed by atoms with van der Waals surface area (Å²) in [6.07, 6.45) is 2.79. The molecule has 3 aromatic rings. The highest BCUT2D eigenvalue weighted by atomic mass is 35.5. The number of thiophene rings is 1. The van der Waals surface area contributed by atoms with Gasteiger partial charge in [-0.2, -0.15) is 0 Å². The number of imidazole rings is 1. The number of hydrogen-bond acceptors (Lipinski definition) is 2. The van der Waals surface area contributed by atoms with Crippen molar-refractivity contribution in [2.45, 2.75) is 6.42 Å². The van der Waals surface area contributed by atoms with Crippen LogP contribution in [0.25, 0.3) is 11.3 Å². The predicted molar refractivity (Wildman–Crippen MR) is 76.2 cm³/mol. The lowest BCUT2D eigenvalue weighted by molar-refractivity contribution is 1.05. The lowest BCUT2D eigenvalue weighted by Crippen LogP contribution is -1.87. The molecule has 0 aliphatic carbocycles. The summed E-state index contributed by atoms with van der Waals surface area (Å²) in [7, 11) is 0. The minimum atomic E-state index is 0.744. The first kappa shape index (κ1) is 11.5. The monoisotopic (exact) mass is 274 g/mol. The minimum absolute atomic E-state index is 0.744. The highest BCUT2D eigenvalue weighted by Crippen LogP contribution is 2.21. The maximum atomic E-state index is 5.87. The summed E-state index contributed by atoms with van der Waals surface area (Å²) >= 11 is 7.62. The fourth-order valence-corrected chi connectivity index (χ4v) is 2.63. The van der Waals surface area contributed by atoms with E-state index in [2.05, 4.69) is 27.5 Å². The Kier molecular flexibility index (Phi) is 3.17. The van der Waals surface area contributed by atoms with Crippen LogP contribution in [-0.2, 0) is 6.42 Å². The Bertz CT molecular complexity index is 626. The molecule has 0 fully saturated rings. The number of halogens is 1. The summed E-state index contributed by atoms with van der Waals surface area (Å²) in [4.78, 5) is 9.12. The van der Waals surface area contributed by atoms with E-state index in [4.69, 9.17) is 11.6 Å². The Morgan fingerprint density at radius 1 is 1.17 bits per heavy atom. The number of aromatic nitrogens is 2. The molecule has 0 bridgehead atoms. The van der Waals surface area contributed by atoms with Crippen molar-refractivity contribution in [3.63, 3.8) is 0 Å². The van der Waals surface area contributed by atoms with E-state index in [-0.39, 0.29) is 0 Å². The van der Waals surface area contributed by atoms with Crippen molar-refractivity contribution in [1.29, 1.82) is 0 Å². The molecule has 0 unspecified atom stereocenters. The molecule has 3 rings (SSSR count). The second-order valence-corrected chi connectivity index (χ2v) is 5.46. The van der Waals surface area contributed by atoms with Gasteiger partial charge in [0.15, 0.2) is 0 Å². The lowest BCUT2D eigenvalue weighted by Gasteiger charge is -1.96. The first-order valence-electron chi connectivity index (χ1n) is 5.64. The maximum Gasteiger partial charge on any atom is 0.112 e. The fourth-order valence-electron chi connectivity index (χ4n) is 1.80. The van der Waals surface area contributed by atoms with Crippen molar-refractivity contribution < 1.29 is 0 Å². The Labute approximate surface area is 114 Å². The first-order valence-corrected chi connectivity index (χ1v) is 6.89. The lowest BCUT2D eigenvalue weighted by atomic mass is 10.2. The van der Waals surface area contributed by atoms with Crippen molar-refractivity contribution >= 4 is 22.9 Å². The molecule has 0 atom stereocenters. The van der Waals surface area contributed by atoms with Gasteiger partial charge in [0.05, 0.1) is 5.69 Å². The zero-order valence-corrected chi connectivity index (χ0v) is 11.1. The molecule has 2 aromatic heterocycles. The number of rotatable bonds is 3. The van der Waals surface area contributed by atoms with Gasteiger partial charge >= 0.3 is 0 Å². The molecular weight excluding hydrogens is 264 g/mol. The number of nitrogens with zero attached hydrogens (tertiary/aromatic N) is 1. The zero-order chi connectivity index (χ0) is 12.4. The van der Waals surface area contributed by atoms with E-state index in [0.717, 1.165) is 28.5 Å². The third-order valence-electron chi connectivity index (χ3n) is 2.69. The first-order chi connectivity index (χ1) is 8.81. The molecule has 90 valence electrons. The molecule has 0 spiro atoms. The van der Waals surface area contributed by atoms with Crippen LogP contribution in [0.2, 0.25) is 5.02 Å². The molecule has 0 amide bonds. The van der Waals surface area contributed by atoms with Gasteiger partial charge in [-0.1, -0.05) is 29.8 Å². The van der Waals surface area contributed by atoms with Crippen LogP contribution in [0.1, 0.15) is 10.7 Å². The van der Waals surface area contributed by atoms with Crippen molar-refractivity contribution in [2.75, 3.05) is 0 Å². The van der Waals surface area contributed by atoms with Crippen LogP contribution in [0.3, 0.4) is 0 Å². The van der Waals surface area contributed by atoms with Crippen molar-refractivity contribution in [2.24, 2.45) is 0 Å². The Morgan fingerprint density at radius 3 is 2.72 bits per heavy atom. The molecular formula is C14H11ClN2S. The van der Waals surface area contributed by atoms with Crippen molar-refractivity contribution in [1.82, 2.24) is 9.97 Å². The fraction of sp³-hybridized carbons (Fsp3) is 0.0714. The van der Waals surface area contributed by atoms with Crippen LogP contribution in [-0.4, -0.2) is 9.97 Å². The molecule has 2 heterocycles. The molecule has 1 N–H and O–H groups in total. The molecule has 0 saturated carbocycles. The number of nitrogens with one attached hydrogen (secondary N) is 1. The average molecular weight is 275 g/mol. The Hall–Kier alpha value is -1.58. The van der Waals surface area contributed by atoms with Crippen LogP contribution < -0.4 is 0 Å². The number of H-pyrrole nitrogens is 1. The largest absolute Gasteiger partial charge is 0.348 e. The minimum Gasteiger partial charge on any atom is -0.348 e. The molecule has 4 heteroatoms. The molecule has 0 saturated heterocycles. The normalized spacial score (nSPS) is 10.7. The summed E-state index contributed by atoms with van der Waals surface area (Å²) in [5.74, 6) is 0.988. The van der Waals surface area contributed by atoms with Gasteiger partial charge in [-0.3, -0.25) is 0 Å². The van der Waals surface area contributed by atoms with Crippen LogP contribution in [0.15, 0.2) is 48.0 Å². The highest BCUT2D eigenvalue weighted by molar-refractivity contribution is 7.09. The second-order valence-electron chi connectivity index (χ2n) is 4.00. The summed E-state index contributed by atoms with van der Waals surface area (Å²) in [6.45, 7) is 0. The zero-order valence-electron chi connectivity index (χ0n) is 9.56. The molecule has 0 aliphatic heterocycles. The summed E-state index contributed by atoms with van der Waals surface area (Å²) in [5, 5.41) is 2.83. The molecule has 2 nitrogen and oxygen atoms in total. The number of aromatic amines is 1. The highest BCUT2D eigenvalue weighted by Gasteiger charge is 2.05. The van der Waals surface area contributed by atoms with Gasteiger partial charge in [0.25, 0.3) is 0 Å². The standard InChI is InChI=1S/C14H11ClN2S/c15-11-5-3-10(4-6-11)13-9-16-14(17-13)8-12-2-1-7-18-12/h1-7,9H,8H2,(H,16,17). The third kappa shape index (κ3) is 2.47. The third-order valence-corrected chi connectivity index (χ3v) is 3.82. The summed E-state index contributed by atoms with van der Waals surface area (Å²) in [6, 6.07) is 11.9. The van der Waals surface area contributed by atoms with E-state index in [1.807, 2.05) is 30.5 Å². The molecule has 0 aliphatic rings. The van der Waals surface area contributed by atoms with E-state index in [9.17, 15) is 0 Å². The van der Waals surface area contributed by atoms with Crippen LogP contribution in [0.5, 0.6) is 0 Å². The molecule has 18 heavy (non-hydrogen) atoms. The average Bonchev–Trinajstić information content (AvgIpc) is 3.02. The SMILES string of the molecule is Clc1ccc(-c2c[nH]c(Cc3cccs3)n2)cc1. The quantitative estimate of drug-likeness (QED) is 0.754. The van der Waals surface area contributed by atoms with Crippen molar-refractivity contribution in [3.05, 3.63) is 63.7 Å². The topological polar surface area (TPSA) is 28.7 Å². The van der Waals surface area contributed by atoms with Crippen LogP contribution in [0, 0.1) is 0 Å².